The number of benzene rings is 1. The van der Waals surface area contributed by atoms with Crippen LogP contribution >= 0.6 is 0 Å². The second kappa shape index (κ2) is 7.27. The van der Waals surface area contributed by atoms with Gasteiger partial charge >= 0.3 is 11.9 Å². The maximum absolute atomic E-state index is 11.3. The fourth-order valence-electron chi connectivity index (χ4n) is 1.28. The van der Waals surface area contributed by atoms with Crippen molar-refractivity contribution < 1.29 is 39.9 Å². The Morgan fingerprint density at radius 1 is 1.19 bits per heavy atom. The lowest BCUT2D eigenvalue weighted by atomic mass is 10.2. The number of hydrogen-bond donors (Lipinski definition) is 5. The molecule has 5 N–H and O–H groups in total. The summed E-state index contributed by atoms with van der Waals surface area (Å²) < 4.78 is 4.54. The van der Waals surface area contributed by atoms with Crippen LogP contribution in [-0.2, 0) is 14.3 Å². The third kappa shape index (κ3) is 5.13. The molecule has 1 aromatic rings. The van der Waals surface area contributed by atoms with Gasteiger partial charge in [0, 0.05) is 6.08 Å². The summed E-state index contributed by atoms with van der Waals surface area (Å²) in [5.41, 5.74) is 0.411. The topological polar surface area (TPSA) is 145 Å². The summed E-state index contributed by atoms with van der Waals surface area (Å²) in [6.45, 7) is -0.683. The van der Waals surface area contributed by atoms with Gasteiger partial charge < -0.3 is 30.3 Å². The van der Waals surface area contributed by atoms with Crippen LogP contribution in [0.4, 0.5) is 0 Å². The highest BCUT2D eigenvalue weighted by atomic mass is 16.5. The van der Waals surface area contributed by atoms with Gasteiger partial charge in [-0.15, -0.1) is 0 Å². The molecule has 8 heteroatoms. The second-order valence-corrected chi connectivity index (χ2v) is 4.06. The molecular weight excluding hydrogens is 284 g/mol. The largest absolute Gasteiger partial charge is 0.504 e. The number of carboxylic acids is 1. The normalized spacial score (nSPS) is 13.8. The molecule has 21 heavy (non-hydrogen) atoms. The Morgan fingerprint density at radius 3 is 2.43 bits per heavy atom. The van der Waals surface area contributed by atoms with E-state index in [1.54, 1.807) is 0 Å². The quantitative estimate of drug-likeness (QED) is 0.267. The molecule has 8 nitrogen and oxygen atoms in total. The van der Waals surface area contributed by atoms with E-state index in [2.05, 4.69) is 4.74 Å². The van der Waals surface area contributed by atoms with E-state index in [1.807, 2.05) is 0 Å². The first-order chi connectivity index (χ1) is 9.81. The lowest BCUT2D eigenvalue weighted by Gasteiger charge is -2.13. The van der Waals surface area contributed by atoms with Crippen LogP contribution in [0.15, 0.2) is 24.3 Å². The van der Waals surface area contributed by atoms with Crippen molar-refractivity contribution in [1.82, 2.24) is 0 Å². The zero-order valence-corrected chi connectivity index (χ0v) is 10.7. The van der Waals surface area contributed by atoms with Crippen LogP contribution < -0.4 is 0 Å². The van der Waals surface area contributed by atoms with E-state index >= 15 is 0 Å². The third-order valence-electron chi connectivity index (χ3n) is 2.43. The molecule has 1 aromatic carbocycles. The van der Waals surface area contributed by atoms with Crippen molar-refractivity contribution in [1.29, 1.82) is 0 Å². The molecule has 0 saturated heterocycles. The number of phenolic OH excluding ortho intramolecular Hbond substituents is 2. The van der Waals surface area contributed by atoms with Crippen molar-refractivity contribution in [2.75, 3.05) is 6.61 Å². The van der Waals surface area contributed by atoms with E-state index in [4.69, 9.17) is 15.3 Å². The van der Waals surface area contributed by atoms with Gasteiger partial charge in [-0.1, -0.05) is 6.07 Å². The fourth-order valence-corrected chi connectivity index (χ4v) is 1.28. The Bertz CT molecular complexity index is 551. The van der Waals surface area contributed by atoms with Crippen LogP contribution in [0, 0.1) is 0 Å². The van der Waals surface area contributed by atoms with Crippen LogP contribution in [0.1, 0.15) is 5.56 Å². The highest BCUT2D eigenvalue weighted by molar-refractivity contribution is 5.87. The van der Waals surface area contributed by atoms with E-state index in [0.29, 0.717) is 5.56 Å². The van der Waals surface area contributed by atoms with Gasteiger partial charge in [-0.25, -0.2) is 9.59 Å². The Balaban J connectivity index is 2.51. The molecule has 0 bridgehead atoms. The molecule has 0 amide bonds. The minimum atomic E-state index is -2.05. The zero-order chi connectivity index (χ0) is 16.0. The summed E-state index contributed by atoms with van der Waals surface area (Å²) in [4.78, 5) is 21.7. The molecule has 1 rings (SSSR count). The van der Waals surface area contributed by atoms with Gasteiger partial charge in [0.05, 0.1) is 0 Å². The lowest BCUT2D eigenvalue weighted by Crippen LogP contribution is -2.37. The predicted molar refractivity (Wildman–Crippen MR) is 69.4 cm³/mol. The van der Waals surface area contributed by atoms with Gasteiger partial charge in [0.15, 0.2) is 17.6 Å². The van der Waals surface area contributed by atoms with E-state index in [0.717, 1.165) is 6.08 Å². The summed E-state index contributed by atoms with van der Waals surface area (Å²) in [5, 5.41) is 44.9. The molecular formula is C13H14O8. The van der Waals surface area contributed by atoms with E-state index in [1.165, 1.54) is 24.3 Å². The van der Waals surface area contributed by atoms with Crippen molar-refractivity contribution in [2.45, 2.75) is 12.2 Å². The van der Waals surface area contributed by atoms with Crippen molar-refractivity contribution in [3.63, 3.8) is 0 Å². The molecule has 0 spiro atoms. The Labute approximate surface area is 119 Å². The minimum Gasteiger partial charge on any atom is -0.504 e. The molecule has 0 aliphatic heterocycles. The maximum Gasteiger partial charge on any atom is 0.335 e. The number of phenols is 2. The van der Waals surface area contributed by atoms with Gasteiger partial charge in [0.2, 0.25) is 0 Å². The Kier molecular flexibility index (Phi) is 5.70. The average molecular weight is 298 g/mol. The maximum atomic E-state index is 11.3. The standard InChI is InChI=1S/C13H14O8/c14-8-3-1-7(5-9(8)15)2-4-11(17)21-6-10(16)12(18)13(19)20/h1-5,10,12,14-16,18H,6H2,(H,19,20). The van der Waals surface area contributed by atoms with Crippen LogP contribution in [0.25, 0.3) is 6.08 Å². The molecule has 0 saturated carbocycles. The summed E-state index contributed by atoms with van der Waals surface area (Å²) >= 11 is 0. The lowest BCUT2D eigenvalue weighted by molar-refractivity contribution is -0.159. The van der Waals surface area contributed by atoms with Crippen molar-refractivity contribution in [3.05, 3.63) is 29.8 Å². The predicted octanol–water partition coefficient (Wildman–Crippen LogP) is -0.539. The average Bonchev–Trinajstić information content (AvgIpc) is 2.44. The number of carbonyl (C=O) groups excluding carboxylic acids is 1. The van der Waals surface area contributed by atoms with Gasteiger partial charge in [0.1, 0.15) is 12.7 Å². The van der Waals surface area contributed by atoms with Crippen LogP contribution in [-0.4, -0.2) is 56.3 Å². The summed E-state index contributed by atoms with van der Waals surface area (Å²) in [6, 6.07) is 3.87. The molecule has 2 unspecified atom stereocenters. The number of ether oxygens (including phenoxy) is 1. The molecule has 0 fully saturated rings. The second-order valence-electron chi connectivity index (χ2n) is 4.06. The Hall–Kier alpha value is -2.58. The number of aliphatic hydroxyl groups excluding tert-OH is 2. The number of aromatic hydroxyl groups is 2. The SMILES string of the molecule is O=C(C=Cc1ccc(O)c(O)c1)OCC(O)C(O)C(=O)O. The smallest absolute Gasteiger partial charge is 0.335 e. The number of aliphatic hydroxyl groups is 2. The number of aliphatic carboxylic acids is 1. The number of esters is 1. The van der Waals surface area contributed by atoms with E-state index < -0.39 is 30.8 Å². The van der Waals surface area contributed by atoms with Crippen LogP contribution in [0.5, 0.6) is 11.5 Å². The van der Waals surface area contributed by atoms with Crippen LogP contribution in [0.2, 0.25) is 0 Å². The summed E-state index contributed by atoms with van der Waals surface area (Å²) in [7, 11) is 0. The zero-order valence-electron chi connectivity index (χ0n) is 10.7. The molecule has 0 aliphatic carbocycles. The molecule has 0 aliphatic rings. The fraction of sp³-hybridized carbons (Fsp3) is 0.231. The monoisotopic (exact) mass is 298 g/mol. The summed E-state index contributed by atoms with van der Waals surface area (Å²) in [5.74, 6) is -3.17. The molecule has 0 radical (unpaired) electrons. The Morgan fingerprint density at radius 2 is 1.86 bits per heavy atom. The number of carboxylic acid groups (broad SMARTS) is 1. The number of carbonyl (C=O) groups is 2. The third-order valence-corrected chi connectivity index (χ3v) is 2.43. The first-order valence-corrected chi connectivity index (χ1v) is 5.77. The molecule has 0 aromatic heterocycles. The van der Waals surface area contributed by atoms with Crippen molar-refractivity contribution in [3.8, 4) is 11.5 Å². The molecule has 114 valence electrons. The van der Waals surface area contributed by atoms with Crippen molar-refractivity contribution >= 4 is 18.0 Å². The van der Waals surface area contributed by atoms with Crippen molar-refractivity contribution in [2.24, 2.45) is 0 Å². The highest BCUT2D eigenvalue weighted by Crippen LogP contribution is 2.25. The van der Waals surface area contributed by atoms with Gasteiger partial charge in [-0.05, 0) is 23.8 Å². The molecule has 2 atom stereocenters. The van der Waals surface area contributed by atoms with Gasteiger partial charge in [-0.3, -0.25) is 0 Å². The minimum absolute atomic E-state index is 0.305. The first-order valence-electron chi connectivity index (χ1n) is 5.77. The van der Waals surface area contributed by atoms with Crippen LogP contribution in [0.3, 0.4) is 0 Å². The van der Waals surface area contributed by atoms with Gasteiger partial charge in [0.25, 0.3) is 0 Å². The highest BCUT2D eigenvalue weighted by Gasteiger charge is 2.24. The van der Waals surface area contributed by atoms with E-state index in [9.17, 15) is 19.8 Å². The molecule has 0 heterocycles. The van der Waals surface area contributed by atoms with E-state index in [-0.39, 0.29) is 11.5 Å². The number of rotatable bonds is 6. The number of hydrogen-bond acceptors (Lipinski definition) is 7. The summed E-state index contributed by atoms with van der Waals surface area (Å²) in [6.07, 6.45) is -1.53. The van der Waals surface area contributed by atoms with Gasteiger partial charge in [-0.2, -0.15) is 0 Å². The first kappa shape index (κ1) is 16.5.